The van der Waals surface area contributed by atoms with Crippen molar-refractivity contribution in [1.29, 1.82) is 0 Å². The van der Waals surface area contributed by atoms with Gasteiger partial charge in [-0.3, -0.25) is 0 Å². The topological polar surface area (TPSA) is 314 Å². The van der Waals surface area contributed by atoms with Crippen LogP contribution in [0.4, 0.5) is 0 Å². The van der Waals surface area contributed by atoms with Crippen LogP contribution in [0.2, 0.25) is 0 Å². The summed E-state index contributed by atoms with van der Waals surface area (Å²) in [5.41, 5.74) is 0. The maximum absolute atomic E-state index is 0. The van der Waals surface area contributed by atoms with Crippen LogP contribution in [-0.4, -0.2) is 273 Å². The summed E-state index contributed by atoms with van der Waals surface area (Å²) in [4.78, 5) is 0. The minimum absolute atomic E-state index is 0. The quantitative estimate of drug-likeness (QED) is 0.208. The van der Waals surface area contributed by atoms with E-state index >= 15 is 0 Å². The van der Waals surface area contributed by atoms with Gasteiger partial charge in [0.15, 0.2) is 0 Å². The third-order valence-electron chi connectivity index (χ3n) is 0. The molecule has 0 atom stereocenters. The van der Waals surface area contributed by atoms with Crippen LogP contribution >= 0.6 is 0 Å². The third kappa shape index (κ3) is 242. The largest absolute Gasteiger partial charge is 3.00 e. The molecule has 0 aliphatic rings. The van der Waals surface area contributed by atoms with Gasteiger partial charge in [0.05, 0.1) is 0 Å². The fourth-order valence-corrected chi connectivity index (χ4v) is 0. The van der Waals surface area contributed by atoms with Crippen molar-refractivity contribution in [1.82, 2.24) is 0 Å². The van der Waals surface area contributed by atoms with Crippen molar-refractivity contribution in [3.05, 3.63) is 0 Å². The van der Waals surface area contributed by atoms with Crippen molar-refractivity contribution < 1.29 is 94.4 Å². The van der Waals surface area contributed by atoms with E-state index < -0.39 is 0 Å². The Balaban J connectivity index is 0. The molecule has 0 aromatic rings. The summed E-state index contributed by atoms with van der Waals surface area (Å²) in [5.74, 6) is 0. The number of hydrogen-bond donors (Lipinski definition) is 0. The van der Waals surface area contributed by atoms with Gasteiger partial charge in [0.1, 0.15) is 0 Å². The van der Waals surface area contributed by atoms with E-state index in [0.29, 0.717) is 0 Å². The second-order valence-corrected chi connectivity index (χ2v) is 0. The number of rotatable bonds is 0. The van der Waals surface area contributed by atoms with Crippen LogP contribution in [0.25, 0.3) is 0 Å². The van der Waals surface area contributed by atoms with Gasteiger partial charge in [-0.1, -0.05) is 0 Å². The predicted octanol–water partition coefficient (Wildman–Crippen LogP) is -4.36. The van der Waals surface area contributed by atoms with Gasteiger partial charge in [-0.05, 0) is 0 Å². The van der Waals surface area contributed by atoms with E-state index in [9.17, 15) is 0 Å². The molecule has 0 unspecified atom stereocenters. The van der Waals surface area contributed by atoms with E-state index in [2.05, 4.69) is 0 Å². The summed E-state index contributed by atoms with van der Waals surface area (Å²) >= 11 is 0. The Morgan fingerprint density at radius 1 is 0.286 bits per heavy atom. The van der Waals surface area contributed by atoms with Crippen LogP contribution in [0.15, 0.2) is 0 Å². The van der Waals surface area contributed by atoms with Crippen LogP contribution in [0, 0.1) is 0 Å². The van der Waals surface area contributed by atoms with Crippen molar-refractivity contribution >= 4 is 273 Å². The zero-order valence-corrected chi connectivity index (χ0v) is 37.8. The maximum Gasteiger partial charge on any atom is 3.00 e. The SMILES string of the molecule is [Bi+3].[Bi+3].[Ca+2].[Ca+2].[Cu+2].[Cu+2].[O-2].[O-2].[O-2].[O-2].[O-2].[O-2].[O-2].[O-2].[O-2].[O-2].[O-2].[Pb+2].[Pb+2].[Sr+2].[Sr+2]. The van der Waals surface area contributed by atoms with Gasteiger partial charge in [-0.25, -0.2) is 0 Å². The van der Waals surface area contributed by atoms with Crippen molar-refractivity contribution in [2.45, 2.75) is 0 Å². The molecule has 21 heavy (non-hydrogen) atoms. The van der Waals surface area contributed by atoms with Crippen LogP contribution in [0.5, 0.6) is 0 Å². The predicted molar refractivity (Wildman–Crippen MR) is 53.6 cm³/mol. The van der Waals surface area contributed by atoms with Crippen LogP contribution in [-0.2, 0) is 94.4 Å². The fourth-order valence-electron chi connectivity index (χ4n) is 0. The molecule has 0 heterocycles. The molecule has 0 aromatic heterocycles. The molecule has 11 nitrogen and oxygen atoms in total. The summed E-state index contributed by atoms with van der Waals surface area (Å²) in [5, 5.41) is 0. The Kier molecular flexibility index (Phi) is 3570. The zero-order valence-electron chi connectivity index (χ0n) is 9.82. The van der Waals surface area contributed by atoms with Crippen LogP contribution < -0.4 is 0 Å². The molecule has 0 rings (SSSR count). The van der Waals surface area contributed by atoms with Crippen LogP contribution in [0.1, 0.15) is 0 Å². The average Bonchev–Trinajstić information content (AvgIpc) is 0. The molecule has 0 saturated carbocycles. The molecule has 10 radical (unpaired) electrons. The standard InChI is InChI=1S/2Bi.2Ca.2Cu.11O.2Pb.2Sr/q2*+3;4*+2;11*-2;4*+2. The minimum atomic E-state index is 0. The van der Waals surface area contributed by atoms with Crippen LogP contribution in [0.3, 0.4) is 0 Å². The second-order valence-electron chi connectivity index (χ2n) is 0. The summed E-state index contributed by atoms with van der Waals surface area (Å²) in [6, 6.07) is 0. The zero-order chi connectivity index (χ0) is 0. The van der Waals surface area contributed by atoms with Gasteiger partial charge < -0.3 is 60.2 Å². The molecule has 0 spiro atoms. The van der Waals surface area contributed by atoms with Gasteiger partial charge in [-0.15, -0.1) is 0 Å². The molecule has 0 aliphatic carbocycles. The summed E-state index contributed by atoms with van der Waals surface area (Å²) < 4.78 is 0. The first-order chi connectivity index (χ1) is 0. The Bertz CT molecular complexity index is 44.2. The monoisotopic (exact) mass is 1390 g/mol. The minimum Gasteiger partial charge on any atom is -2.00 e. The molecular weight excluding hydrogens is 1390 g/mol. The van der Waals surface area contributed by atoms with Crippen molar-refractivity contribution in [3.8, 4) is 0 Å². The first-order valence-corrected chi connectivity index (χ1v) is 0. The molecule has 0 amide bonds. The Morgan fingerprint density at radius 3 is 0.286 bits per heavy atom. The Labute approximate surface area is 357 Å². The van der Waals surface area contributed by atoms with E-state index in [1.807, 2.05) is 0 Å². The number of hydrogen-bond acceptors (Lipinski definition) is 0. The molecule has 114 valence electrons. The first kappa shape index (κ1) is 288. The van der Waals surface area contributed by atoms with E-state index in [0.717, 1.165) is 0 Å². The van der Waals surface area contributed by atoms with Gasteiger partial charge >= 0.3 is 308 Å². The summed E-state index contributed by atoms with van der Waals surface area (Å²) in [7, 11) is 0. The van der Waals surface area contributed by atoms with E-state index in [-0.39, 0.29) is 368 Å². The molecule has 0 saturated heterocycles. The molecule has 21 heteroatoms. The molecule has 0 fully saturated rings. The Hall–Kier alpha value is 9.69. The summed E-state index contributed by atoms with van der Waals surface area (Å²) in [6.07, 6.45) is 0. The molecule has 0 N–H and O–H groups in total. The van der Waals surface area contributed by atoms with Crippen molar-refractivity contribution in [2.24, 2.45) is 0 Å². The van der Waals surface area contributed by atoms with Crippen molar-refractivity contribution in [3.63, 3.8) is 0 Å². The molecule has 0 aromatic carbocycles. The van der Waals surface area contributed by atoms with E-state index in [1.54, 1.807) is 0 Å². The molecule has 0 bridgehead atoms. The van der Waals surface area contributed by atoms with E-state index in [4.69, 9.17) is 0 Å². The third-order valence-corrected chi connectivity index (χ3v) is 0. The van der Waals surface area contributed by atoms with E-state index in [1.165, 1.54) is 0 Å². The van der Waals surface area contributed by atoms with Gasteiger partial charge in [0.2, 0.25) is 0 Å². The maximum atomic E-state index is 0. The normalized spacial score (nSPS) is 0. The van der Waals surface area contributed by atoms with Gasteiger partial charge in [0, 0.05) is 0 Å². The smallest absolute Gasteiger partial charge is 2.00 e. The summed E-state index contributed by atoms with van der Waals surface area (Å²) in [6.45, 7) is 0. The molecule has 0 aliphatic heterocycles. The Morgan fingerprint density at radius 2 is 0.286 bits per heavy atom. The first-order valence-electron chi connectivity index (χ1n) is 0. The van der Waals surface area contributed by atoms with Gasteiger partial charge in [-0.2, -0.15) is 0 Å². The fraction of sp³-hybridized carbons (Fsp3) is 0. The average molecular weight is 1390 g/mol. The second kappa shape index (κ2) is 260. The molecular formula is Bi2Ca2Cu2O11Pb2Sr2. The van der Waals surface area contributed by atoms with Crippen molar-refractivity contribution in [2.75, 3.05) is 0 Å². The van der Waals surface area contributed by atoms with Gasteiger partial charge in [0.25, 0.3) is 0 Å².